The molecule has 0 N–H and O–H groups in total. The number of hydrogen-bond donors (Lipinski definition) is 0. The molecule has 1 heterocycles. The van der Waals surface area contributed by atoms with Gasteiger partial charge in [-0.15, -0.1) is 0 Å². The highest BCUT2D eigenvalue weighted by Crippen LogP contribution is 2.46. The Labute approximate surface area is 111 Å². The molecule has 1 saturated carbocycles. The van der Waals surface area contributed by atoms with E-state index in [9.17, 15) is 0 Å². The zero-order valence-electron chi connectivity index (χ0n) is 12.2. The molecule has 98 valence electrons. The van der Waals surface area contributed by atoms with Gasteiger partial charge in [0.2, 0.25) is 0 Å². The van der Waals surface area contributed by atoms with E-state index < -0.39 is 0 Å². The van der Waals surface area contributed by atoms with Gasteiger partial charge in [0, 0.05) is 17.3 Å². The van der Waals surface area contributed by atoms with E-state index >= 15 is 0 Å². The third-order valence-corrected chi connectivity index (χ3v) is 4.45. The molecule has 1 aromatic heterocycles. The third kappa shape index (κ3) is 1.88. The largest absolute Gasteiger partial charge is 0.257 e. The second kappa shape index (κ2) is 4.36. The van der Waals surface area contributed by atoms with Crippen LogP contribution < -0.4 is 0 Å². The van der Waals surface area contributed by atoms with Crippen LogP contribution in [0.15, 0.2) is 0 Å². The summed E-state index contributed by atoms with van der Waals surface area (Å²) in [6, 6.07) is 0. The molecule has 18 heavy (non-hydrogen) atoms. The lowest BCUT2D eigenvalue weighted by Gasteiger charge is -2.23. The van der Waals surface area contributed by atoms with Crippen LogP contribution >= 0.6 is 0 Å². The molecule has 1 nitrogen and oxygen atoms in total. The van der Waals surface area contributed by atoms with Crippen LogP contribution in [0.3, 0.4) is 0 Å². The summed E-state index contributed by atoms with van der Waals surface area (Å²) in [5.41, 5.74) is 7.78. The zero-order valence-corrected chi connectivity index (χ0v) is 12.2. The van der Waals surface area contributed by atoms with Gasteiger partial charge in [-0.1, -0.05) is 27.7 Å². The molecule has 0 amide bonds. The molecule has 1 heteroatoms. The fourth-order valence-electron chi connectivity index (χ4n) is 3.58. The number of hydrogen-bond acceptors (Lipinski definition) is 1. The lowest BCUT2D eigenvalue weighted by Crippen LogP contribution is -2.10. The summed E-state index contributed by atoms with van der Waals surface area (Å²) >= 11 is 0. The van der Waals surface area contributed by atoms with Gasteiger partial charge in [-0.25, -0.2) is 0 Å². The van der Waals surface area contributed by atoms with Gasteiger partial charge >= 0.3 is 0 Å². The first-order valence-electron chi connectivity index (χ1n) is 7.65. The summed E-state index contributed by atoms with van der Waals surface area (Å²) in [6.45, 7) is 9.40. The maximum atomic E-state index is 5.08. The van der Waals surface area contributed by atoms with Crippen LogP contribution in [0.25, 0.3) is 0 Å². The maximum absolute atomic E-state index is 5.08. The Morgan fingerprint density at radius 1 is 0.944 bits per heavy atom. The number of aromatic nitrogens is 1. The summed E-state index contributed by atoms with van der Waals surface area (Å²) in [6.07, 6.45) is 6.52. The van der Waals surface area contributed by atoms with E-state index in [4.69, 9.17) is 4.98 Å². The van der Waals surface area contributed by atoms with Gasteiger partial charge < -0.3 is 0 Å². The number of nitrogens with zero attached hydrogens (tertiary/aromatic N) is 1. The first kappa shape index (κ1) is 12.2. The van der Waals surface area contributed by atoms with Gasteiger partial charge in [-0.2, -0.15) is 0 Å². The van der Waals surface area contributed by atoms with Gasteiger partial charge in [0.1, 0.15) is 0 Å². The van der Waals surface area contributed by atoms with Crippen molar-refractivity contribution < 1.29 is 0 Å². The van der Waals surface area contributed by atoms with Gasteiger partial charge in [-0.3, -0.25) is 4.98 Å². The van der Waals surface area contributed by atoms with Crippen LogP contribution in [0.1, 0.15) is 92.8 Å². The van der Waals surface area contributed by atoms with Gasteiger partial charge in [0.25, 0.3) is 0 Å². The average molecular weight is 243 g/mol. The topological polar surface area (TPSA) is 12.9 Å². The van der Waals surface area contributed by atoms with Crippen molar-refractivity contribution in [2.75, 3.05) is 0 Å². The van der Waals surface area contributed by atoms with Crippen LogP contribution in [0.2, 0.25) is 0 Å². The highest BCUT2D eigenvalue weighted by atomic mass is 14.8. The minimum absolute atomic E-state index is 0.622. The van der Waals surface area contributed by atoms with E-state index in [1.165, 1.54) is 43.5 Å². The van der Waals surface area contributed by atoms with Crippen molar-refractivity contribution >= 4 is 0 Å². The van der Waals surface area contributed by atoms with Crippen LogP contribution in [-0.2, 0) is 12.8 Å². The normalized spacial score (nSPS) is 18.8. The second-order valence-corrected chi connectivity index (χ2v) is 6.69. The van der Waals surface area contributed by atoms with Crippen molar-refractivity contribution in [1.82, 2.24) is 4.98 Å². The molecule has 0 bridgehead atoms. The van der Waals surface area contributed by atoms with Crippen LogP contribution in [0.4, 0.5) is 0 Å². The number of pyridine rings is 1. The van der Waals surface area contributed by atoms with Gasteiger partial charge in [0.15, 0.2) is 0 Å². The summed E-state index contributed by atoms with van der Waals surface area (Å²) < 4.78 is 0. The number of aryl methyl sites for hydroxylation is 1. The molecule has 2 aliphatic rings. The minimum atomic E-state index is 0.622. The van der Waals surface area contributed by atoms with Gasteiger partial charge in [-0.05, 0) is 60.6 Å². The van der Waals surface area contributed by atoms with E-state index in [1.54, 1.807) is 16.7 Å². The molecular weight excluding hydrogens is 218 g/mol. The van der Waals surface area contributed by atoms with Crippen molar-refractivity contribution in [3.05, 3.63) is 28.1 Å². The number of fused-ring (bicyclic) bond motifs is 1. The van der Waals surface area contributed by atoms with E-state index in [0.29, 0.717) is 11.8 Å². The molecule has 1 fully saturated rings. The van der Waals surface area contributed by atoms with Gasteiger partial charge in [0.05, 0.1) is 0 Å². The molecule has 0 saturated heterocycles. The highest BCUT2D eigenvalue weighted by Gasteiger charge is 2.33. The molecule has 0 unspecified atom stereocenters. The molecule has 0 radical (unpaired) electrons. The van der Waals surface area contributed by atoms with Crippen molar-refractivity contribution in [2.45, 2.75) is 77.6 Å². The highest BCUT2D eigenvalue weighted by molar-refractivity contribution is 5.48. The predicted molar refractivity (Wildman–Crippen MR) is 76.4 cm³/mol. The Hall–Kier alpha value is -0.850. The van der Waals surface area contributed by atoms with E-state index in [0.717, 1.165) is 5.92 Å². The quantitative estimate of drug-likeness (QED) is 0.750. The Morgan fingerprint density at radius 3 is 2.17 bits per heavy atom. The van der Waals surface area contributed by atoms with Crippen LogP contribution in [0, 0.1) is 0 Å². The van der Waals surface area contributed by atoms with E-state index in [-0.39, 0.29) is 0 Å². The molecule has 0 aromatic carbocycles. The Bertz CT molecular complexity index is 467. The molecule has 0 spiro atoms. The minimum Gasteiger partial charge on any atom is -0.257 e. The van der Waals surface area contributed by atoms with E-state index in [2.05, 4.69) is 27.7 Å². The van der Waals surface area contributed by atoms with Crippen LogP contribution in [0.5, 0.6) is 0 Å². The Kier molecular flexibility index (Phi) is 2.96. The Morgan fingerprint density at radius 2 is 1.61 bits per heavy atom. The van der Waals surface area contributed by atoms with Crippen LogP contribution in [-0.4, -0.2) is 4.98 Å². The maximum Gasteiger partial charge on any atom is 0.0475 e. The first-order valence-corrected chi connectivity index (χ1v) is 7.65. The second-order valence-electron chi connectivity index (χ2n) is 6.69. The zero-order chi connectivity index (χ0) is 12.9. The molecule has 2 aliphatic carbocycles. The third-order valence-electron chi connectivity index (χ3n) is 4.45. The standard InChI is InChI=1S/C17H25N/c1-10(2)15-13-6-5-7-14(13)18-17(12-8-9-12)16(15)11(3)4/h10-12H,5-9H2,1-4H3. The molecule has 0 atom stereocenters. The Balaban J connectivity index is 2.24. The molecule has 3 rings (SSSR count). The van der Waals surface area contributed by atoms with Crippen molar-refractivity contribution in [1.29, 1.82) is 0 Å². The van der Waals surface area contributed by atoms with Crippen molar-refractivity contribution in [3.63, 3.8) is 0 Å². The van der Waals surface area contributed by atoms with Crippen molar-refractivity contribution in [3.8, 4) is 0 Å². The SMILES string of the molecule is CC(C)c1c(C2CC2)nc2c(c1C(C)C)CCC2. The number of rotatable bonds is 3. The summed E-state index contributed by atoms with van der Waals surface area (Å²) in [7, 11) is 0. The fourth-order valence-corrected chi connectivity index (χ4v) is 3.58. The molecule has 1 aromatic rings. The average Bonchev–Trinajstić information content (AvgIpc) is 3.05. The van der Waals surface area contributed by atoms with E-state index in [1.807, 2.05) is 0 Å². The first-order chi connectivity index (χ1) is 8.59. The lowest BCUT2D eigenvalue weighted by atomic mass is 9.84. The monoisotopic (exact) mass is 243 g/mol. The molecule has 0 aliphatic heterocycles. The summed E-state index contributed by atoms with van der Waals surface area (Å²) in [4.78, 5) is 5.08. The fraction of sp³-hybridized carbons (Fsp3) is 0.706. The lowest BCUT2D eigenvalue weighted by molar-refractivity contribution is 0.745. The van der Waals surface area contributed by atoms with Crippen molar-refractivity contribution in [2.24, 2.45) is 0 Å². The molecular formula is C17H25N. The predicted octanol–water partition coefficient (Wildman–Crippen LogP) is 4.69. The summed E-state index contributed by atoms with van der Waals surface area (Å²) in [5.74, 6) is 2.05. The summed E-state index contributed by atoms with van der Waals surface area (Å²) in [5, 5.41) is 0. The smallest absolute Gasteiger partial charge is 0.0475 e.